The van der Waals surface area contributed by atoms with E-state index in [1.165, 1.54) is 0 Å². The SMILES string of the molecule is Cc1ccc(S(=O)(=O)N2CCCCC2C)cc1C(=O)N1CCC(C(=O)N2CCC(C)CC2)CC1. The van der Waals surface area contributed by atoms with Gasteiger partial charge < -0.3 is 9.80 Å². The molecule has 3 saturated heterocycles. The van der Waals surface area contributed by atoms with E-state index in [1.807, 2.05) is 18.7 Å². The number of hydrogen-bond donors (Lipinski definition) is 0. The molecule has 0 aliphatic carbocycles. The molecule has 2 amide bonds. The maximum Gasteiger partial charge on any atom is 0.254 e. The van der Waals surface area contributed by atoms with Crippen molar-refractivity contribution in [1.82, 2.24) is 14.1 Å². The Balaban J connectivity index is 1.43. The monoisotopic (exact) mass is 489 g/mol. The maximum absolute atomic E-state index is 13.4. The van der Waals surface area contributed by atoms with Crippen molar-refractivity contribution in [1.29, 1.82) is 0 Å². The molecule has 188 valence electrons. The van der Waals surface area contributed by atoms with E-state index in [0.717, 1.165) is 50.8 Å². The number of piperidine rings is 3. The zero-order valence-corrected chi connectivity index (χ0v) is 21.6. The van der Waals surface area contributed by atoms with Crippen LogP contribution in [-0.2, 0) is 14.8 Å². The standard InChI is InChI=1S/C26H39N3O4S/c1-19-9-14-27(15-10-19)25(30)22-11-16-28(17-12-22)26(31)24-18-23(8-7-20(24)2)34(32,33)29-13-5-4-6-21(29)3/h7-8,18-19,21-22H,4-6,9-17H2,1-3H3. The van der Waals surface area contributed by atoms with Gasteiger partial charge in [0.2, 0.25) is 15.9 Å². The highest BCUT2D eigenvalue weighted by Crippen LogP contribution is 2.28. The summed E-state index contributed by atoms with van der Waals surface area (Å²) in [5, 5.41) is 0. The number of amides is 2. The van der Waals surface area contributed by atoms with E-state index in [4.69, 9.17) is 0 Å². The first-order valence-corrected chi connectivity index (χ1v) is 14.3. The van der Waals surface area contributed by atoms with Crippen LogP contribution in [0.25, 0.3) is 0 Å². The molecule has 0 radical (unpaired) electrons. The maximum atomic E-state index is 13.4. The summed E-state index contributed by atoms with van der Waals surface area (Å²) < 4.78 is 28.2. The van der Waals surface area contributed by atoms with Gasteiger partial charge in [-0.2, -0.15) is 4.31 Å². The van der Waals surface area contributed by atoms with E-state index in [9.17, 15) is 18.0 Å². The Morgan fingerprint density at radius 1 is 0.853 bits per heavy atom. The van der Waals surface area contributed by atoms with Gasteiger partial charge >= 0.3 is 0 Å². The number of likely N-dealkylation sites (tertiary alicyclic amines) is 2. The molecule has 3 aliphatic rings. The van der Waals surface area contributed by atoms with E-state index in [1.54, 1.807) is 27.4 Å². The summed E-state index contributed by atoms with van der Waals surface area (Å²) >= 11 is 0. The molecule has 34 heavy (non-hydrogen) atoms. The van der Waals surface area contributed by atoms with Crippen molar-refractivity contribution in [3.63, 3.8) is 0 Å². The van der Waals surface area contributed by atoms with Gasteiger partial charge in [-0.05, 0) is 76.0 Å². The summed E-state index contributed by atoms with van der Waals surface area (Å²) in [6.45, 7) is 9.30. The second-order valence-electron chi connectivity index (χ2n) is 10.5. The van der Waals surface area contributed by atoms with Gasteiger partial charge in [0.25, 0.3) is 5.91 Å². The summed E-state index contributed by atoms with van der Waals surface area (Å²) in [6.07, 6.45) is 6.24. The molecule has 0 N–H and O–H groups in total. The Kier molecular flexibility index (Phi) is 7.67. The van der Waals surface area contributed by atoms with Gasteiger partial charge in [-0.15, -0.1) is 0 Å². The zero-order chi connectivity index (χ0) is 24.5. The van der Waals surface area contributed by atoms with Gasteiger partial charge in [-0.25, -0.2) is 8.42 Å². The van der Waals surface area contributed by atoms with Crippen LogP contribution in [0.1, 0.15) is 74.7 Å². The fourth-order valence-electron chi connectivity index (χ4n) is 5.54. The molecular formula is C26H39N3O4S. The average Bonchev–Trinajstić information content (AvgIpc) is 2.84. The average molecular weight is 490 g/mol. The Bertz CT molecular complexity index is 1010. The molecule has 3 fully saturated rings. The number of nitrogens with zero attached hydrogens (tertiary/aromatic N) is 3. The van der Waals surface area contributed by atoms with Gasteiger partial charge in [0, 0.05) is 50.2 Å². The van der Waals surface area contributed by atoms with E-state index in [2.05, 4.69) is 6.92 Å². The number of hydrogen-bond acceptors (Lipinski definition) is 4. The fraction of sp³-hybridized carbons (Fsp3) is 0.692. The lowest BCUT2D eigenvalue weighted by atomic mass is 9.92. The number of aryl methyl sites for hydroxylation is 1. The largest absolute Gasteiger partial charge is 0.342 e. The summed E-state index contributed by atoms with van der Waals surface area (Å²) in [5.41, 5.74) is 1.22. The Morgan fingerprint density at radius 2 is 1.50 bits per heavy atom. The van der Waals surface area contributed by atoms with Crippen molar-refractivity contribution in [3.05, 3.63) is 29.3 Å². The van der Waals surface area contributed by atoms with Crippen molar-refractivity contribution in [2.75, 3.05) is 32.7 Å². The number of sulfonamides is 1. The Morgan fingerprint density at radius 3 is 2.15 bits per heavy atom. The summed E-state index contributed by atoms with van der Waals surface area (Å²) in [4.78, 5) is 30.3. The van der Waals surface area contributed by atoms with Crippen molar-refractivity contribution >= 4 is 21.8 Å². The van der Waals surface area contributed by atoms with Crippen LogP contribution in [0.2, 0.25) is 0 Å². The van der Waals surface area contributed by atoms with Crippen LogP contribution in [0.15, 0.2) is 23.1 Å². The highest BCUT2D eigenvalue weighted by atomic mass is 32.2. The molecule has 0 saturated carbocycles. The Hall–Kier alpha value is -1.93. The molecule has 1 aromatic carbocycles. The summed E-state index contributed by atoms with van der Waals surface area (Å²) in [6, 6.07) is 4.88. The van der Waals surface area contributed by atoms with Gasteiger partial charge in [0.05, 0.1) is 4.90 Å². The van der Waals surface area contributed by atoms with Crippen LogP contribution >= 0.6 is 0 Å². The minimum absolute atomic E-state index is 0.0224. The molecule has 0 bridgehead atoms. The lowest BCUT2D eigenvalue weighted by molar-refractivity contribution is -0.138. The minimum Gasteiger partial charge on any atom is -0.342 e. The molecule has 1 aromatic rings. The third kappa shape index (κ3) is 5.18. The molecular weight excluding hydrogens is 450 g/mol. The highest BCUT2D eigenvalue weighted by molar-refractivity contribution is 7.89. The predicted molar refractivity (Wildman–Crippen MR) is 132 cm³/mol. The van der Waals surface area contributed by atoms with Crippen LogP contribution in [-0.4, -0.2) is 73.1 Å². The van der Waals surface area contributed by atoms with Crippen LogP contribution in [0.4, 0.5) is 0 Å². The molecule has 3 heterocycles. The predicted octanol–water partition coefficient (Wildman–Crippen LogP) is 3.67. The lowest BCUT2D eigenvalue weighted by Crippen LogP contribution is -2.46. The van der Waals surface area contributed by atoms with E-state index < -0.39 is 10.0 Å². The van der Waals surface area contributed by atoms with Crippen molar-refractivity contribution in [3.8, 4) is 0 Å². The first-order valence-electron chi connectivity index (χ1n) is 12.9. The quantitative estimate of drug-likeness (QED) is 0.647. The van der Waals surface area contributed by atoms with E-state index >= 15 is 0 Å². The molecule has 1 atom stereocenters. The van der Waals surface area contributed by atoms with Crippen LogP contribution < -0.4 is 0 Å². The fourth-order valence-corrected chi connectivity index (χ4v) is 7.27. The molecule has 7 nitrogen and oxygen atoms in total. The third-order valence-corrected chi connectivity index (χ3v) is 10.0. The highest BCUT2D eigenvalue weighted by Gasteiger charge is 2.34. The topological polar surface area (TPSA) is 78.0 Å². The molecule has 3 aliphatic heterocycles. The van der Waals surface area contributed by atoms with Crippen LogP contribution in [0.5, 0.6) is 0 Å². The minimum atomic E-state index is -3.64. The number of carbonyl (C=O) groups is 2. The van der Waals surface area contributed by atoms with Crippen molar-refractivity contribution < 1.29 is 18.0 Å². The van der Waals surface area contributed by atoms with Gasteiger partial charge in [-0.3, -0.25) is 9.59 Å². The molecule has 1 unspecified atom stereocenters. The second-order valence-corrected chi connectivity index (χ2v) is 12.4. The van der Waals surface area contributed by atoms with Crippen molar-refractivity contribution in [2.24, 2.45) is 11.8 Å². The molecule has 4 rings (SSSR count). The smallest absolute Gasteiger partial charge is 0.254 e. The van der Waals surface area contributed by atoms with Gasteiger partial charge in [0.1, 0.15) is 0 Å². The Labute approximate surface area is 204 Å². The number of benzene rings is 1. The van der Waals surface area contributed by atoms with Crippen LogP contribution in [0.3, 0.4) is 0 Å². The lowest BCUT2D eigenvalue weighted by Gasteiger charge is -2.37. The molecule has 8 heteroatoms. The first-order chi connectivity index (χ1) is 16.2. The van der Waals surface area contributed by atoms with Gasteiger partial charge in [0.15, 0.2) is 0 Å². The first kappa shape index (κ1) is 25.2. The van der Waals surface area contributed by atoms with Crippen molar-refractivity contribution in [2.45, 2.75) is 76.7 Å². The van der Waals surface area contributed by atoms with Gasteiger partial charge in [-0.1, -0.05) is 19.4 Å². The summed E-state index contributed by atoms with van der Waals surface area (Å²) in [5.74, 6) is 0.758. The molecule has 0 spiro atoms. The van der Waals surface area contributed by atoms with Crippen LogP contribution in [0, 0.1) is 18.8 Å². The molecule has 0 aromatic heterocycles. The number of carbonyl (C=O) groups excluding carboxylic acids is 2. The number of rotatable bonds is 4. The van der Waals surface area contributed by atoms with E-state index in [-0.39, 0.29) is 28.7 Å². The summed E-state index contributed by atoms with van der Waals surface area (Å²) in [7, 11) is -3.64. The normalized spacial score (nSPS) is 23.8. The second kappa shape index (κ2) is 10.4. The zero-order valence-electron chi connectivity index (χ0n) is 20.8. The van der Waals surface area contributed by atoms with E-state index in [0.29, 0.717) is 44.0 Å². The third-order valence-electron chi connectivity index (χ3n) is 8.01.